The molecule has 32 heavy (non-hydrogen) atoms. The minimum atomic E-state index is -0.930. The van der Waals surface area contributed by atoms with Gasteiger partial charge in [-0.15, -0.1) is 0 Å². The Morgan fingerprint density at radius 2 is 2.03 bits per heavy atom. The Hall–Kier alpha value is -3.70. The van der Waals surface area contributed by atoms with Crippen molar-refractivity contribution in [1.82, 2.24) is 4.90 Å². The highest BCUT2D eigenvalue weighted by Crippen LogP contribution is 2.28. The zero-order valence-electron chi connectivity index (χ0n) is 17.7. The summed E-state index contributed by atoms with van der Waals surface area (Å²) in [6.07, 6.45) is 1.38. The molecule has 2 aliphatic heterocycles. The second-order valence-electron chi connectivity index (χ2n) is 7.77. The van der Waals surface area contributed by atoms with Crippen LogP contribution in [0.3, 0.4) is 0 Å². The van der Waals surface area contributed by atoms with E-state index in [-0.39, 0.29) is 30.9 Å². The summed E-state index contributed by atoms with van der Waals surface area (Å²) in [5, 5.41) is 8.99. The van der Waals surface area contributed by atoms with E-state index in [1.54, 1.807) is 48.5 Å². The molecule has 8 nitrogen and oxygen atoms in total. The minimum absolute atomic E-state index is 0.110. The average Bonchev–Trinajstić information content (AvgIpc) is 3.44. The van der Waals surface area contributed by atoms with Crippen LogP contribution in [0.1, 0.15) is 35.2 Å². The van der Waals surface area contributed by atoms with Gasteiger partial charge in [0, 0.05) is 18.7 Å². The molecule has 0 spiro atoms. The predicted octanol–water partition coefficient (Wildman–Crippen LogP) is 2.52. The fourth-order valence-electron chi connectivity index (χ4n) is 4.10. The third-order valence-corrected chi connectivity index (χ3v) is 5.76. The molecule has 0 bridgehead atoms. The van der Waals surface area contributed by atoms with Crippen molar-refractivity contribution in [2.24, 2.45) is 0 Å². The van der Waals surface area contributed by atoms with Gasteiger partial charge < -0.3 is 14.4 Å². The van der Waals surface area contributed by atoms with Crippen LogP contribution in [0.25, 0.3) is 0 Å². The second kappa shape index (κ2) is 9.20. The van der Waals surface area contributed by atoms with Crippen molar-refractivity contribution in [3.8, 4) is 11.8 Å². The van der Waals surface area contributed by atoms with Gasteiger partial charge in [-0.1, -0.05) is 6.07 Å². The molecule has 8 heteroatoms. The highest BCUT2D eigenvalue weighted by molar-refractivity contribution is 6.23. The summed E-state index contributed by atoms with van der Waals surface area (Å²) in [5.74, 6) is -0.678. The quantitative estimate of drug-likeness (QED) is 0.649. The number of anilines is 1. The Morgan fingerprint density at radius 1 is 1.25 bits per heavy atom. The summed E-state index contributed by atoms with van der Waals surface area (Å²) in [4.78, 5) is 42.1. The van der Waals surface area contributed by atoms with Crippen molar-refractivity contribution >= 4 is 23.4 Å². The molecule has 2 aliphatic rings. The fourth-order valence-corrected chi connectivity index (χ4v) is 4.10. The lowest BCUT2D eigenvalue weighted by Gasteiger charge is -2.30. The molecule has 2 saturated heterocycles. The third kappa shape index (κ3) is 4.20. The highest BCUT2D eigenvalue weighted by atomic mass is 16.5. The number of carbonyl (C=O) groups is 3. The van der Waals surface area contributed by atoms with E-state index in [9.17, 15) is 14.4 Å². The van der Waals surface area contributed by atoms with Gasteiger partial charge >= 0.3 is 0 Å². The Kier molecular flexibility index (Phi) is 6.19. The highest BCUT2D eigenvalue weighted by Gasteiger charge is 2.45. The zero-order chi connectivity index (χ0) is 22.7. The van der Waals surface area contributed by atoms with Gasteiger partial charge in [-0.2, -0.15) is 5.26 Å². The molecule has 2 unspecified atom stereocenters. The number of ether oxygens (including phenoxy) is 2. The van der Waals surface area contributed by atoms with Crippen LogP contribution in [0.5, 0.6) is 5.75 Å². The van der Waals surface area contributed by atoms with Crippen LogP contribution in [0.15, 0.2) is 48.5 Å². The van der Waals surface area contributed by atoms with Crippen LogP contribution in [0.2, 0.25) is 0 Å². The van der Waals surface area contributed by atoms with Crippen LogP contribution < -0.4 is 9.64 Å². The summed E-state index contributed by atoms with van der Waals surface area (Å²) in [7, 11) is 1.52. The first-order chi connectivity index (χ1) is 15.5. The van der Waals surface area contributed by atoms with Gasteiger partial charge in [0.25, 0.3) is 11.8 Å². The van der Waals surface area contributed by atoms with Crippen molar-refractivity contribution in [2.75, 3.05) is 25.2 Å². The molecule has 164 valence electrons. The van der Waals surface area contributed by atoms with E-state index in [1.807, 2.05) is 6.07 Å². The van der Waals surface area contributed by atoms with Crippen molar-refractivity contribution in [3.05, 3.63) is 59.7 Å². The largest absolute Gasteiger partial charge is 0.497 e. The SMILES string of the molecule is COc1cccc(C(=O)N(CC2CCCO2)C2CC(=O)N(c3ccc(C#N)cc3)C2=O)c1. The lowest BCUT2D eigenvalue weighted by atomic mass is 10.1. The molecule has 0 N–H and O–H groups in total. The van der Waals surface area contributed by atoms with Gasteiger partial charge in [-0.05, 0) is 55.3 Å². The molecule has 0 radical (unpaired) electrons. The first-order valence-corrected chi connectivity index (χ1v) is 10.5. The van der Waals surface area contributed by atoms with E-state index in [4.69, 9.17) is 14.7 Å². The first kappa shape index (κ1) is 21.5. The zero-order valence-corrected chi connectivity index (χ0v) is 17.7. The van der Waals surface area contributed by atoms with Gasteiger partial charge in [0.05, 0.1) is 37.0 Å². The summed E-state index contributed by atoms with van der Waals surface area (Å²) >= 11 is 0. The van der Waals surface area contributed by atoms with E-state index in [2.05, 4.69) is 0 Å². The summed E-state index contributed by atoms with van der Waals surface area (Å²) in [5.41, 5.74) is 1.18. The van der Waals surface area contributed by atoms with Crippen LogP contribution >= 0.6 is 0 Å². The van der Waals surface area contributed by atoms with Gasteiger partial charge in [0.1, 0.15) is 11.8 Å². The Morgan fingerprint density at radius 3 is 2.69 bits per heavy atom. The standard InChI is InChI=1S/C24H23N3O5/c1-31-19-5-2-4-17(12-19)23(29)26(15-20-6-3-11-32-20)21-13-22(28)27(24(21)30)18-9-7-16(14-25)8-10-18/h2,4-5,7-10,12,20-21H,3,6,11,13,15H2,1H3. The first-order valence-electron chi connectivity index (χ1n) is 10.5. The molecule has 0 saturated carbocycles. The lowest BCUT2D eigenvalue weighted by Crippen LogP contribution is -2.48. The number of imide groups is 1. The Bertz CT molecular complexity index is 1070. The third-order valence-electron chi connectivity index (χ3n) is 5.76. The number of methoxy groups -OCH3 is 1. The molecule has 2 aromatic carbocycles. The Labute approximate surface area is 185 Å². The maximum Gasteiger partial charge on any atom is 0.257 e. The summed E-state index contributed by atoms with van der Waals surface area (Å²) < 4.78 is 10.9. The maximum atomic E-state index is 13.5. The second-order valence-corrected chi connectivity index (χ2v) is 7.77. The van der Waals surface area contributed by atoms with Gasteiger partial charge in [-0.25, -0.2) is 4.90 Å². The molecule has 3 amide bonds. The number of hydrogen-bond acceptors (Lipinski definition) is 6. The molecule has 0 aliphatic carbocycles. The molecule has 2 aromatic rings. The van der Waals surface area contributed by atoms with Gasteiger partial charge in [-0.3, -0.25) is 14.4 Å². The molecule has 4 rings (SSSR count). The van der Waals surface area contributed by atoms with Crippen LogP contribution in [0.4, 0.5) is 5.69 Å². The molecule has 2 atom stereocenters. The monoisotopic (exact) mass is 433 g/mol. The van der Waals surface area contributed by atoms with E-state index < -0.39 is 11.9 Å². The van der Waals surface area contributed by atoms with Crippen molar-refractivity contribution in [3.63, 3.8) is 0 Å². The number of hydrogen-bond donors (Lipinski definition) is 0. The van der Waals surface area contributed by atoms with E-state index in [0.717, 1.165) is 17.7 Å². The van der Waals surface area contributed by atoms with E-state index in [1.165, 1.54) is 12.0 Å². The number of amides is 3. The van der Waals surface area contributed by atoms with Crippen molar-refractivity contribution in [2.45, 2.75) is 31.4 Å². The number of carbonyl (C=O) groups excluding carboxylic acids is 3. The predicted molar refractivity (Wildman–Crippen MR) is 115 cm³/mol. The average molecular weight is 433 g/mol. The minimum Gasteiger partial charge on any atom is -0.497 e. The molecular weight excluding hydrogens is 410 g/mol. The fraction of sp³-hybridized carbons (Fsp3) is 0.333. The lowest BCUT2D eigenvalue weighted by molar-refractivity contribution is -0.122. The Balaban J connectivity index is 1.64. The smallest absolute Gasteiger partial charge is 0.257 e. The van der Waals surface area contributed by atoms with Crippen LogP contribution in [0, 0.1) is 11.3 Å². The molecular formula is C24H23N3O5. The van der Waals surface area contributed by atoms with E-state index >= 15 is 0 Å². The summed E-state index contributed by atoms with van der Waals surface area (Å²) in [6.45, 7) is 0.835. The maximum absolute atomic E-state index is 13.5. The number of nitrogens with zero attached hydrogens (tertiary/aromatic N) is 3. The van der Waals surface area contributed by atoms with Gasteiger partial charge in [0.2, 0.25) is 5.91 Å². The number of rotatable bonds is 6. The van der Waals surface area contributed by atoms with Crippen molar-refractivity contribution in [1.29, 1.82) is 5.26 Å². The normalized spacial score (nSPS) is 20.3. The molecule has 2 heterocycles. The summed E-state index contributed by atoms with van der Waals surface area (Å²) in [6, 6.07) is 14.0. The van der Waals surface area contributed by atoms with Crippen LogP contribution in [-0.2, 0) is 14.3 Å². The number of benzene rings is 2. The number of nitriles is 1. The topological polar surface area (TPSA) is 99.9 Å². The van der Waals surface area contributed by atoms with Crippen LogP contribution in [-0.4, -0.2) is 55.0 Å². The molecule has 2 fully saturated rings. The van der Waals surface area contributed by atoms with Gasteiger partial charge in [0.15, 0.2) is 0 Å². The van der Waals surface area contributed by atoms with E-state index in [0.29, 0.717) is 29.2 Å². The molecule has 0 aromatic heterocycles. The van der Waals surface area contributed by atoms with Crippen molar-refractivity contribution < 1.29 is 23.9 Å².